The van der Waals surface area contributed by atoms with Crippen LogP contribution in [0, 0.1) is 5.41 Å². The lowest BCUT2D eigenvalue weighted by Gasteiger charge is -2.41. The van der Waals surface area contributed by atoms with Crippen LogP contribution >= 0.6 is 0 Å². The quantitative estimate of drug-likeness (QED) is 0.818. The van der Waals surface area contributed by atoms with Gasteiger partial charge in [-0.3, -0.25) is 0 Å². The first-order chi connectivity index (χ1) is 7.91. The van der Waals surface area contributed by atoms with Crippen LogP contribution in [0.5, 0.6) is 0 Å². The van der Waals surface area contributed by atoms with Crippen LogP contribution in [0.4, 0.5) is 0 Å². The van der Waals surface area contributed by atoms with Crippen LogP contribution in [-0.4, -0.2) is 37.6 Å². The van der Waals surface area contributed by atoms with E-state index in [-0.39, 0.29) is 6.54 Å². The van der Waals surface area contributed by atoms with Crippen molar-refractivity contribution in [3.8, 4) is 0 Å². The van der Waals surface area contributed by atoms with E-state index in [1.807, 2.05) is 0 Å². The monoisotopic (exact) mass is 262 g/mol. The summed E-state index contributed by atoms with van der Waals surface area (Å²) in [5.74, 6) is 0. The predicted molar refractivity (Wildman–Crippen MR) is 71.3 cm³/mol. The Labute approximate surface area is 106 Å². The summed E-state index contributed by atoms with van der Waals surface area (Å²) in [5, 5.41) is -0.460. The van der Waals surface area contributed by atoms with Crippen LogP contribution < -0.4 is 5.73 Å². The Morgan fingerprint density at radius 3 is 2.06 bits per heavy atom. The normalized spacial score (nSPS) is 23.5. The summed E-state index contributed by atoms with van der Waals surface area (Å²) < 4.78 is 25.9. The van der Waals surface area contributed by atoms with E-state index in [2.05, 4.69) is 13.8 Å². The van der Waals surface area contributed by atoms with Gasteiger partial charge in [0.25, 0.3) is 0 Å². The second-order valence-corrected chi connectivity index (χ2v) is 7.55. The molecule has 0 amide bonds. The highest BCUT2D eigenvalue weighted by Crippen LogP contribution is 2.38. The molecule has 0 saturated carbocycles. The maximum absolute atomic E-state index is 12.2. The van der Waals surface area contributed by atoms with Gasteiger partial charge >= 0.3 is 0 Å². The van der Waals surface area contributed by atoms with Crippen molar-refractivity contribution in [1.82, 2.24) is 4.31 Å². The molecule has 0 aromatic carbocycles. The van der Waals surface area contributed by atoms with E-state index < -0.39 is 15.3 Å². The SMILES string of the molecule is CCC1(CC)CCN(S(=O)(=O)C(C)CN)CC1. The molecule has 4 nitrogen and oxygen atoms in total. The highest BCUT2D eigenvalue weighted by atomic mass is 32.2. The van der Waals surface area contributed by atoms with Gasteiger partial charge in [-0.25, -0.2) is 12.7 Å². The number of piperidine rings is 1. The zero-order valence-corrected chi connectivity index (χ0v) is 12.1. The molecule has 17 heavy (non-hydrogen) atoms. The zero-order valence-electron chi connectivity index (χ0n) is 11.3. The van der Waals surface area contributed by atoms with Gasteiger partial charge in [0.2, 0.25) is 10.0 Å². The standard InChI is InChI=1S/C12H26N2O2S/c1-4-12(5-2)6-8-14(9-7-12)17(15,16)11(3)10-13/h11H,4-10,13H2,1-3H3. The summed E-state index contributed by atoms with van der Waals surface area (Å²) in [5.41, 5.74) is 5.82. The summed E-state index contributed by atoms with van der Waals surface area (Å²) in [6.07, 6.45) is 4.25. The van der Waals surface area contributed by atoms with E-state index in [4.69, 9.17) is 5.73 Å². The Morgan fingerprint density at radius 2 is 1.71 bits per heavy atom. The third kappa shape index (κ3) is 3.01. The summed E-state index contributed by atoms with van der Waals surface area (Å²) >= 11 is 0. The molecule has 102 valence electrons. The van der Waals surface area contributed by atoms with Crippen LogP contribution in [0.25, 0.3) is 0 Å². The molecule has 0 aromatic rings. The minimum absolute atomic E-state index is 0.200. The molecule has 0 bridgehead atoms. The number of nitrogens with zero attached hydrogens (tertiary/aromatic N) is 1. The molecule has 1 rings (SSSR count). The van der Waals surface area contributed by atoms with E-state index in [1.165, 1.54) is 0 Å². The summed E-state index contributed by atoms with van der Waals surface area (Å²) in [7, 11) is -3.17. The third-order valence-corrected chi connectivity index (χ3v) is 6.78. The molecule has 1 aliphatic rings. The fourth-order valence-electron chi connectivity index (χ4n) is 2.55. The van der Waals surface area contributed by atoms with Crippen molar-refractivity contribution in [1.29, 1.82) is 0 Å². The molecule has 1 unspecified atom stereocenters. The number of hydrogen-bond acceptors (Lipinski definition) is 3. The smallest absolute Gasteiger partial charge is 0.217 e. The molecule has 0 radical (unpaired) electrons. The van der Waals surface area contributed by atoms with Crippen LogP contribution in [0.3, 0.4) is 0 Å². The van der Waals surface area contributed by atoms with E-state index >= 15 is 0 Å². The molecule has 0 aliphatic carbocycles. The maximum Gasteiger partial charge on any atom is 0.217 e. The van der Waals surface area contributed by atoms with Crippen LogP contribution in [0.15, 0.2) is 0 Å². The van der Waals surface area contributed by atoms with Gasteiger partial charge in [-0.2, -0.15) is 0 Å². The van der Waals surface area contributed by atoms with Gasteiger partial charge < -0.3 is 5.73 Å². The zero-order chi connectivity index (χ0) is 13.1. The first kappa shape index (κ1) is 14.9. The largest absolute Gasteiger partial charge is 0.329 e. The van der Waals surface area contributed by atoms with Crippen LogP contribution in [-0.2, 0) is 10.0 Å². The first-order valence-corrected chi connectivity index (χ1v) is 8.11. The average molecular weight is 262 g/mol. The van der Waals surface area contributed by atoms with Gasteiger partial charge in [-0.15, -0.1) is 0 Å². The molecule has 1 heterocycles. The lowest BCUT2D eigenvalue weighted by atomic mass is 9.75. The lowest BCUT2D eigenvalue weighted by molar-refractivity contribution is 0.141. The van der Waals surface area contributed by atoms with E-state index in [0.29, 0.717) is 18.5 Å². The molecule has 0 aromatic heterocycles. The molecular formula is C12H26N2O2S. The Bertz CT molecular complexity index is 326. The van der Waals surface area contributed by atoms with Gasteiger partial charge in [0.15, 0.2) is 0 Å². The van der Waals surface area contributed by atoms with E-state index in [9.17, 15) is 8.42 Å². The minimum Gasteiger partial charge on any atom is -0.329 e. The van der Waals surface area contributed by atoms with Crippen molar-refractivity contribution in [2.45, 2.75) is 51.7 Å². The second kappa shape index (κ2) is 5.67. The van der Waals surface area contributed by atoms with Gasteiger partial charge in [-0.1, -0.05) is 26.7 Å². The molecule has 1 atom stereocenters. The molecule has 1 saturated heterocycles. The van der Waals surface area contributed by atoms with Crippen molar-refractivity contribution >= 4 is 10.0 Å². The molecule has 1 fully saturated rings. The Morgan fingerprint density at radius 1 is 1.24 bits per heavy atom. The van der Waals surface area contributed by atoms with Crippen molar-refractivity contribution < 1.29 is 8.42 Å². The third-order valence-electron chi connectivity index (χ3n) is 4.48. The Kier molecular flexibility index (Phi) is 4.98. The molecule has 2 N–H and O–H groups in total. The fourth-order valence-corrected chi connectivity index (χ4v) is 3.99. The van der Waals surface area contributed by atoms with Gasteiger partial charge in [0, 0.05) is 19.6 Å². The molecule has 0 spiro atoms. The van der Waals surface area contributed by atoms with Gasteiger partial charge in [0.05, 0.1) is 5.25 Å². The van der Waals surface area contributed by atoms with Crippen molar-refractivity contribution in [2.75, 3.05) is 19.6 Å². The highest BCUT2D eigenvalue weighted by Gasteiger charge is 2.37. The predicted octanol–water partition coefficient (Wildman–Crippen LogP) is 1.57. The lowest BCUT2D eigenvalue weighted by Crippen LogP contribution is -2.47. The number of sulfonamides is 1. The van der Waals surface area contributed by atoms with E-state index in [0.717, 1.165) is 25.7 Å². The average Bonchev–Trinajstić information content (AvgIpc) is 2.37. The van der Waals surface area contributed by atoms with Crippen molar-refractivity contribution in [2.24, 2.45) is 11.1 Å². The maximum atomic E-state index is 12.2. The van der Waals surface area contributed by atoms with Crippen molar-refractivity contribution in [3.05, 3.63) is 0 Å². The highest BCUT2D eigenvalue weighted by molar-refractivity contribution is 7.89. The Balaban J connectivity index is 2.70. The first-order valence-electron chi connectivity index (χ1n) is 6.61. The summed E-state index contributed by atoms with van der Waals surface area (Å²) in [6, 6.07) is 0. The molecule has 1 aliphatic heterocycles. The minimum atomic E-state index is -3.17. The van der Waals surface area contributed by atoms with Gasteiger partial charge in [0.1, 0.15) is 0 Å². The number of rotatable bonds is 5. The van der Waals surface area contributed by atoms with Crippen LogP contribution in [0.2, 0.25) is 0 Å². The van der Waals surface area contributed by atoms with Gasteiger partial charge in [-0.05, 0) is 25.2 Å². The molecule has 5 heteroatoms. The number of hydrogen-bond donors (Lipinski definition) is 1. The number of nitrogens with two attached hydrogens (primary N) is 1. The summed E-state index contributed by atoms with van der Waals surface area (Å²) in [4.78, 5) is 0. The molecular weight excluding hydrogens is 236 g/mol. The van der Waals surface area contributed by atoms with Crippen LogP contribution in [0.1, 0.15) is 46.5 Å². The van der Waals surface area contributed by atoms with E-state index in [1.54, 1.807) is 11.2 Å². The Hall–Kier alpha value is -0.130. The second-order valence-electron chi connectivity index (χ2n) is 5.20. The summed E-state index contributed by atoms with van der Waals surface area (Å²) in [6.45, 7) is 7.62. The fraction of sp³-hybridized carbons (Fsp3) is 1.00. The topological polar surface area (TPSA) is 63.4 Å². The van der Waals surface area contributed by atoms with Crippen molar-refractivity contribution in [3.63, 3.8) is 0 Å².